The molecular weight excluding hydrogens is 284 g/mol. The van der Waals surface area contributed by atoms with E-state index < -0.39 is 0 Å². The maximum Gasteiger partial charge on any atom is 0.236 e. The maximum atomic E-state index is 5.49. The first-order valence-corrected chi connectivity index (χ1v) is 7.93. The van der Waals surface area contributed by atoms with Gasteiger partial charge in [-0.25, -0.2) is 4.98 Å². The van der Waals surface area contributed by atoms with Crippen molar-refractivity contribution < 1.29 is 4.42 Å². The Labute approximate surface area is 129 Å². The van der Waals surface area contributed by atoms with Crippen molar-refractivity contribution in [2.45, 2.75) is 33.4 Å². The molecule has 0 bridgehead atoms. The lowest BCUT2D eigenvalue weighted by molar-refractivity contribution is 0.480. The Morgan fingerprint density at radius 1 is 1.43 bits per heavy atom. The molecule has 0 saturated carbocycles. The number of oxazole rings is 1. The third-order valence-corrected chi connectivity index (χ3v) is 4.17. The normalized spacial score (nSPS) is 13.5. The minimum absolute atomic E-state index is 0.357. The summed E-state index contributed by atoms with van der Waals surface area (Å²) in [6, 6.07) is 4.34. The summed E-state index contributed by atoms with van der Waals surface area (Å²) in [5.41, 5.74) is 0.860. The van der Waals surface area contributed by atoms with E-state index in [9.17, 15) is 0 Å². The third-order valence-electron chi connectivity index (χ3n) is 3.31. The predicted octanol–water partition coefficient (Wildman–Crippen LogP) is 3.11. The molecule has 5 nitrogen and oxygen atoms in total. The van der Waals surface area contributed by atoms with Crippen LogP contribution in [0.15, 0.2) is 33.2 Å². The highest BCUT2D eigenvalue weighted by Gasteiger charge is 2.10. The highest BCUT2D eigenvalue weighted by molar-refractivity contribution is 7.13. The lowest BCUT2D eigenvalue weighted by atomic mass is 10.1. The van der Waals surface area contributed by atoms with Gasteiger partial charge in [-0.3, -0.25) is 4.99 Å². The van der Waals surface area contributed by atoms with E-state index in [-0.39, 0.29) is 0 Å². The lowest BCUT2D eigenvalue weighted by Crippen LogP contribution is -2.43. The van der Waals surface area contributed by atoms with Crippen molar-refractivity contribution in [1.82, 2.24) is 15.6 Å². The Morgan fingerprint density at radius 3 is 2.86 bits per heavy atom. The molecule has 0 aliphatic rings. The largest absolute Gasteiger partial charge is 0.443 e. The average Bonchev–Trinajstić information content (AvgIpc) is 3.13. The molecule has 0 aromatic carbocycles. The number of nitrogens with one attached hydrogen (secondary N) is 2. The highest BCUT2D eigenvalue weighted by Crippen LogP contribution is 2.23. The van der Waals surface area contributed by atoms with E-state index in [4.69, 9.17) is 4.42 Å². The highest BCUT2D eigenvalue weighted by atomic mass is 32.1. The summed E-state index contributed by atoms with van der Waals surface area (Å²) in [4.78, 5) is 9.73. The number of thiophene rings is 1. The SMILES string of the molecule is CN=C(NCc1coc(-c2cccs2)n1)NC(C)C(C)C. The van der Waals surface area contributed by atoms with Crippen LogP contribution in [0.4, 0.5) is 0 Å². The number of aromatic nitrogens is 1. The number of hydrogen-bond donors (Lipinski definition) is 2. The van der Waals surface area contributed by atoms with Gasteiger partial charge in [-0.05, 0) is 24.3 Å². The molecule has 0 aliphatic carbocycles. The van der Waals surface area contributed by atoms with Crippen molar-refractivity contribution in [3.05, 3.63) is 29.5 Å². The van der Waals surface area contributed by atoms with Gasteiger partial charge in [0.1, 0.15) is 6.26 Å². The summed E-state index contributed by atoms with van der Waals surface area (Å²) >= 11 is 1.62. The number of hydrogen-bond acceptors (Lipinski definition) is 4. The Balaban J connectivity index is 1.90. The summed E-state index contributed by atoms with van der Waals surface area (Å²) in [5, 5.41) is 8.61. The van der Waals surface area contributed by atoms with Gasteiger partial charge in [0.25, 0.3) is 0 Å². The molecule has 2 N–H and O–H groups in total. The molecule has 0 spiro atoms. The van der Waals surface area contributed by atoms with Crippen LogP contribution in [-0.2, 0) is 6.54 Å². The Hall–Kier alpha value is -1.82. The first kappa shape index (κ1) is 15.6. The second kappa shape index (κ2) is 7.26. The van der Waals surface area contributed by atoms with E-state index in [2.05, 4.69) is 41.4 Å². The molecule has 21 heavy (non-hydrogen) atoms. The van der Waals surface area contributed by atoms with E-state index in [1.807, 2.05) is 17.5 Å². The van der Waals surface area contributed by atoms with Gasteiger partial charge in [0, 0.05) is 13.1 Å². The fourth-order valence-corrected chi connectivity index (χ4v) is 2.31. The second-order valence-corrected chi connectivity index (χ2v) is 6.17. The van der Waals surface area contributed by atoms with Crippen LogP contribution in [0.25, 0.3) is 10.8 Å². The Bertz CT molecular complexity index is 574. The summed E-state index contributed by atoms with van der Waals surface area (Å²) in [6.45, 7) is 7.08. The van der Waals surface area contributed by atoms with Crippen molar-refractivity contribution in [2.75, 3.05) is 7.05 Å². The van der Waals surface area contributed by atoms with Gasteiger partial charge in [-0.15, -0.1) is 11.3 Å². The van der Waals surface area contributed by atoms with Crippen LogP contribution in [-0.4, -0.2) is 24.0 Å². The summed E-state index contributed by atoms with van der Waals surface area (Å²) < 4.78 is 5.49. The van der Waals surface area contributed by atoms with E-state index in [1.54, 1.807) is 24.6 Å². The zero-order chi connectivity index (χ0) is 15.2. The van der Waals surface area contributed by atoms with E-state index in [0.717, 1.165) is 16.5 Å². The number of rotatable bonds is 5. The van der Waals surface area contributed by atoms with Crippen LogP contribution in [0.2, 0.25) is 0 Å². The molecule has 0 fully saturated rings. The Kier molecular flexibility index (Phi) is 5.38. The number of aliphatic imine (C=N–C) groups is 1. The van der Waals surface area contributed by atoms with Crippen molar-refractivity contribution in [2.24, 2.45) is 10.9 Å². The fourth-order valence-electron chi connectivity index (χ4n) is 1.65. The van der Waals surface area contributed by atoms with Gasteiger partial charge < -0.3 is 15.1 Å². The molecule has 114 valence electrons. The number of guanidine groups is 1. The molecule has 0 radical (unpaired) electrons. The minimum atomic E-state index is 0.357. The van der Waals surface area contributed by atoms with Crippen molar-refractivity contribution in [1.29, 1.82) is 0 Å². The number of nitrogens with zero attached hydrogens (tertiary/aromatic N) is 2. The monoisotopic (exact) mass is 306 g/mol. The van der Waals surface area contributed by atoms with Crippen LogP contribution < -0.4 is 10.6 Å². The first-order valence-electron chi connectivity index (χ1n) is 7.05. The average molecular weight is 306 g/mol. The molecule has 0 saturated heterocycles. The second-order valence-electron chi connectivity index (χ2n) is 5.22. The van der Waals surface area contributed by atoms with Crippen LogP contribution >= 0.6 is 11.3 Å². The smallest absolute Gasteiger partial charge is 0.236 e. The topological polar surface area (TPSA) is 62.5 Å². The van der Waals surface area contributed by atoms with E-state index in [1.165, 1.54) is 0 Å². The van der Waals surface area contributed by atoms with Crippen molar-refractivity contribution >= 4 is 17.3 Å². The third kappa shape index (κ3) is 4.32. The molecule has 2 aromatic heterocycles. The molecule has 1 atom stereocenters. The molecule has 0 aliphatic heterocycles. The van der Waals surface area contributed by atoms with E-state index in [0.29, 0.717) is 24.4 Å². The molecular formula is C15H22N4OS. The molecule has 1 unspecified atom stereocenters. The quantitative estimate of drug-likeness (QED) is 0.658. The van der Waals surface area contributed by atoms with Gasteiger partial charge in [-0.1, -0.05) is 19.9 Å². The summed E-state index contributed by atoms with van der Waals surface area (Å²) in [5.74, 6) is 1.98. The van der Waals surface area contributed by atoms with Crippen LogP contribution in [0.5, 0.6) is 0 Å². The lowest BCUT2D eigenvalue weighted by Gasteiger charge is -2.20. The van der Waals surface area contributed by atoms with E-state index >= 15 is 0 Å². The van der Waals surface area contributed by atoms with Gasteiger partial charge >= 0.3 is 0 Å². The molecule has 2 heterocycles. The molecule has 2 rings (SSSR count). The maximum absolute atomic E-state index is 5.49. The standard InChI is InChI=1S/C15H22N4OS/c1-10(2)11(3)18-15(16-4)17-8-12-9-20-14(19-12)13-6-5-7-21-13/h5-7,9-11H,8H2,1-4H3,(H2,16,17,18). The summed E-state index contributed by atoms with van der Waals surface area (Å²) in [6.07, 6.45) is 1.68. The van der Waals surface area contributed by atoms with Crippen LogP contribution in [0.3, 0.4) is 0 Å². The fraction of sp³-hybridized carbons (Fsp3) is 0.467. The van der Waals surface area contributed by atoms with Crippen LogP contribution in [0.1, 0.15) is 26.5 Å². The van der Waals surface area contributed by atoms with Gasteiger partial charge in [0.15, 0.2) is 5.96 Å². The summed E-state index contributed by atoms with van der Waals surface area (Å²) in [7, 11) is 1.77. The first-order chi connectivity index (χ1) is 10.1. The Morgan fingerprint density at radius 2 is 2.24 bits per heavy atom. The molecule has 2 aromatic rings. The molecule has 6 heteroatoms. The van der Waals surface area contributed by atoms with Crippen LogP contribution in [0, 0.1) is 5.92 Å². The predicted molar refractivity (Wildman–Crippen MR) is 87.5 cm³/mol. The minimum Gasteiger partial charge on any atom is -0.443 e. The zero-order valence-electron chi connectivity index (χ0n) is 12.9. The van der Waals surface area contributed by atoms with Crippen molar-refractivity contribution in [3.63, 3.8) is 0 Å². The van der Waals surface area contributed by atoms with Crippen molar-refractivity contribution in [3.8, 4) is 10.8 Å². The van der Waals surface area contributed by atoms with Gasteiger partial charge in [0.05, 0.1) is 17.1 Å². The molecule has 0 amide bonds. The van der Waals surface area contributed by atoms with Gasteiger partial charge in [0.2, 0.25) is 5.89 Å². The zero-order valence-corrected chi connectivity index (χ0v) is 13.7. The van der Waals surface area contributed by atoms with Gasteiger partial charge in [-0.2, -0.15) is 0 Å².